The summed E-state index contributed by atoms with van der Waals surface area (Å²) in [5, 5.41) is 1.40. The Morgan fingerprint density at radius 1 is 1.12 bits per heavy atom. The molecule has 0 aliphatic rings. The van der Waals surface area contributed by atoms with Crippen LogP contribution in [0.3, 0.4) is 0 Å². The van der Waals surface area contributed by atoms with Crippen LogP contribution in [-0.4, -0.2) is 28.7 Å². The first-order chi connectivity index (χ1) is 15.6. The van der Waals surface area contributed by atoms with Crippen molar-refractivity contribution < 1.29 is 9.53 Å². The molecule has 2 heterocycles. The quantitative estimate of drug-likeness (QED) is 0.202. The maximum atomic E-state index is 13.3. The third kappa shape index (κ3) is 5.59. The van der Waals surface area contributed by atoms with E-state index in [1.54, 1.807) is 36.2 Å². The molecule has 4 aromatic rings. The van der Waals surface area contributed by atoms with Crippen LogP contribution in [0, 0.1) is 0 Å². The fourth-order valence-electron chi connectivity index (χ4n) is 3.20. The largest absolute Gasteiger partial charge is 0.494 e. The van der Waals surface area contributed by atoms with Gasteiger partial charge in [0.2, 0.25) is 5.91 Å². The Bertz CT molecular complexity index is 1180. The van der Waals surface area contributed by atoms with Gasteiger partial charge in [-0.25, -0.2) is 4.98 Å². The van der Waals surface area contributed by atoms with E-state index < -0.39 is 0 Å². The minimum atomic E-state index is 0.0524. The molecule has 0 aliphatic carbocycles. The summed E-state index contributed by atoms with van der Waals surface area (Å²) in [5.41, 5.74) is 1.79. The molecule has 0 aliphatic heterocycles. The van der Waals surface area contributed by atoms with E-state index in [4.69, 9.17) is 21.3 Å². The number of halogens is 1. The van der Waals surface area contributed by atoms with E-state index in [-0.39, 0.29) is 5.91 Å². The second kappa shape index (κ2) is 10.8. The lowest BCUT2D eigenvalue weighted by Crippen LogP contribution is -2.30. The van der Waals surface area contributed by atoms with Crippen LogP contribution in [0.25, 0.3) is 10.2 Å². The Labute approximate surface area is 200 Å². The third-order valence-electron chi connectivity index (χ3n) is 4.83. The zero-order valence-electron chi connectivity index (χ0n) is 17.5. The molecule has 164 valence electrons. The van der Waals surface area contributed by atoms with Crippen molar-refractivity contribution in [2.24, 2.45) is 0 Å². The lowest BCUT2D eigenvalue weighted by molar-refractivity contribution is -0.118. The number of nitrogens with zero attached hydrogens (tertiary/aromatic N) is 3. The number of thioether (sulfide) groups is 1. The monoisotopic (exact) mass is 483 g/mol. The fraction of sp³-hybridized carbons (Fsp3) is 0.208. The van der Waals surface area contributed by atoms with Crippen molar-refractivity contribution >= 4 is 56.0 Å². The molecule has 32 heavy (non-hydrogen) atoms. The van der Waals surface area contributed by atoms with Gasteiger partial charge in [0, 0.05) is 28.7 Å². The Morgan fingerprint density at radius 3 is 2.66 bits per heavy atom. The lowest BCUT2D eigenvalue weighted by Gasteiger charge is -2.20. The fourth-order valence-corrected chi connectivity index (χ4v) is 5.18. The number of hydrogen-bond acceptors (Lipinski definition) is 6. The number of methoxy groups -OCH3 is 1. The van der Waals surface area contributed by atoms with Gasteiger partial charge in [-0.05, 0) is 66.3 Å². The number of benzene rings is 2. The lowest BCUT2D eigenvalue weighted by atomic mass is 10.2. The van der Waals surface area contributed by atoms with Gasteiger partial charge < -0.3 is 4.74 Å². The first-order valence-electron chi connectivity index (χ1n) is 10.2. The molecule has 2 aromatic carbocycles. The highest BCUT2D eigenvalue weighted by atomic mass is 35.5. The van der Waals surface area contributed by atoms with Gasteiger partial charge >= 0.3 is 0 Å². The van der Waals surface area contributed by atoms with Crippen LogP contribution >= 0.6 is 34.7 Å². The van der Waals surface area contributed by atoms with Crippen molar-refractivity contribution in [3.05, 3.63) is 77.6 Å². The van der Waals surface area contributed by atoms with Gasteiger partial charge in [-0.15, -0.1) is 11.8 Å². The van der Waals surface area contributed by atoms with E-state index in [1.165, 1.54) is 11.3 Å². The summed E-state index contributed by atoms with van der Waals surface area (Å²) in [6.45, 7) is 0.452. The zero-order valence-corrected chi connectivity index (χ0v) is 19.9. The predicted molar refractivity (Wildman–Crippen MR) is 133 cm³/mol. The highest BCUT2D eigenvalue weighted by molar-refractivity contribution is 7.99. The van der Waals surface area contributed by atoms with Crippen LogP contribution in [-0.2, 0) is 11.3 Å². The number of rotatable bonds is 9. The van der Waals surface area contributed by atoms with Crippen LogP contribution < -0.4 is 9.64 Å². The molecular weight excluding hydrogens is 462 g/mol. The number of hydrogen-bond donors (Lipinski definition) is 0. The highest BCUT2D eigenvalue weighted by Crippen LogP contribution is 2.35. The predicted octanol–water partition coefficient (Wildman–Crippen LogP) is 6.46. The summed E-state index contributed by atoms with van der Waals surface area (Å²) < 4.78 is 6.44. The van der Waals surface area contributed by atoms with E-state index in [9.17, 15) is 4.79 Å². The van der Waals surface area contributed by atoms with E-state index in [0.29, 0.717) is 23.8 Å². The van der Waals surface area contributed by atoms with E-state index in [0.717, 1.165) is 37.9 Å². The van der Waals surface area contributed by atoms with Gasteiger partial charge in [-0.2, -0.15) is 0 Å². The van der Waals surface area contributed by atoms with Crippen LogP contribution in [0.15, 0.2) is 71.9 Å². The molecule has 4 rings (SSSR count). The minimum Gasteiger partial charge on any atom is -0.494 e. The maximum Gasteiger partial charge on any atom is 0.229 e. The number of carbonyl (C=O) groups excluding carboxylic acids is 1. The SMILES string of the molecule is COc1cccc2sc(N(Cc3ccncc3)C(=O)CCCSc3ccc(Cl)cc3)nc12. The number of carbonyl (C=O) groups is 1. The number of fused-ring (bicyclic) bond motifs is 1. The van der Waals surface area contributed by atoms with Crippen molar-refractivity contribution in [3.8, 4) is 5.75 Å². The standard InChI is InChI=1S/C24H22ClN3O2S2/c1-30-20-4-2-5-21-23(20)27-24(32-21)28(16-17-11-13-26-14-12-17)22(29)6-3-15-31-19-9-7-18(25)8-10-19/h2,4-5,7-14H,3,6,15-16H2,1H3. The van der Waals surface area contributed by atoms with Crippen LogP contribution in [0.5, 0.6) is 5.75 Å². The molecule has 2 aromatic heterocycles. The average Bonchev–Trinajstić information content (AvgIpc) is 3.26. The van der Waals surface area contributed by atoms with Gasteiger partial charge in [-0.1, -0.05) is 29.0 Å². The normalized spacial score (nSPS) is 10.9. The average molecular weight is 484 g/mol. The van der Waals surface area contributed by atoms with Crippen LogP contribution in [0.1, 0.15) is 18.4 Å². The highest BCUT2D eigenvalue weighted by Gasteiger charge is 2.21. The molecule has 0 radical (unpaired) electrons. The molecule has 0 unspecified atom stereocenters. The molecular formula is C24H22ClN3O2S2. The van der Waals surface area contributed by atoms with Crippen LogP contribution in [0.4, 0.5) is 5.13 Å². The summed E-state index contributed by atoms with van der Waals surface area (Å²) in [7, 11) is 1.63. The number of aromatic nitrogens is 2. The first-order valence-corrected chi connectivity index (χ1v) is 12.3. The zero-order chi connectivity index (χ0) is 22.3. The molecule has 0 spiro atoms. The number of thiazole rings is 1. The molecule has 8 heteroatoms. The van der Waals surface area contributed by atoms with Gasteiger partial charge in [-0.3, -0.25) is 14.7 Å². The summed E-state index contributed by atoms with van der Waals surface area (Å²) in [4.78, 5) is 25.0. The molecule has 0 atom stereocenters. The summed E-state index contributed by atoms with van der Waals surface area (Å²) in [5.74, 6) is 1.61. The second-order valence-corrected chi connectivity index (χ2v) is 9.66. The smallest absolute Gasteiger partial charge is 0.229 e. The summed E-state index contributed by atoms with van der Waals surface area (Å²) in [6.07, 6.45) is 4.69. The van der Waals surface area contributed by atoms with Gasteiger partial charge in [0.1, 0.15) is 11.3 Å². The van der Waals surface area contributed by atoms with E-state index in [1.807, 2.05) is 54.6 Å². The molecule has 0 N–H and O–H groups in total. The van der Waals surface area contributed by atoms with Crippen molar-refractivity contribution in [1.29, 1.82) is 0 Å². The van der Waals surface area contributed by atoms with Crippen molar-refractivity contribution in [2.75, 3.05) is 17.8 Å². The first kappa shape index (κ1) is 22.6. The number of amides is 1. The molecule has 0 saturated heterocycles. The molecule has 0 saturated carbocycles. The number of anilines is 1. The van der Waals surface area contributed by atoms with Gasteiger partial charge in [0.15, 0.2) is 5.13 Å². The number of pyridine rings is 1. The van der Waals surface area contributed by atoms with E-state index >= 15 is 0 Å². The maximum absolute atomic E-state index is 13.3. The second-order valence-electron chi connectivity index (χ2n) is 7.04. The van der Waals surface area contributed by atoms with Gasteiger partial charge in [0.25, 0.3) is 0 Å². The summed E-state index contributed by atoms with van der Waals surface area (Å²) >= 11 is 9.17. The Morgan fingerprint density at radius 2 is 1.91 bits per heavy atom. The van der Waals surface area contributed by atoms with Gasteiger partial charge in [0.05, 0.1) is 18.4 Å². The number of ether oxygens (including phenoxy) is 1. The number of para-hydroxylation sites is 1. The topological polar surface area (TPSA) is 55.3 Å². The summed E-state index contributed by atoms with van der Waals surface area (Å²) in [6, 6.07) is 17.4. The third-order valence-corrected chi connectivity index (χ3v) is 7.22. The van der Waals surface area contributed by atoms with Crippen molar-refractivity contribution in [1.82, 2.24) is 9.97 Å². The molecule has 0 fully saturated rings. The van der Waals surface area contributed by atoms with Crippen molar-refractivity contribution in [3.63, 3.8) is 0 Å². The van der Waals surface area contributed by atoms with Crippen molar-refractivity contribution in [2.45, 2.75) is 24.3 Å². The molecule has 0 bridgehead atoms. The Balaban J connectivity index is 1.48. The Kier molecular flexibility index (Phi) is 7.63. The Hall–Kier alpha value is -2.61. The molecule has 1 amide bonds. The minimum absolute atomic E-state index is 0.0524. The van der Waals surface area contributed by atoms with E-state index in [2.05, 4.69) is 4.98 Å². The van der Waals surface area contributed by atoms with Crippen LogP contribution in [0.2, 0.25) is 5.02 Å². The molecule has 5 nitrogen and oxygen atoms in total.